The molecule has 4 rings (SSSR count). The predicted octanol–water partition coefficient (Wildman–Crippen LogP) is 5.62. The third kappa shape index (κ3) is 5.90. The van der Waals surface area contributed by atoms with E-state index in [9.17, 15) is 4.79 Å². The van der Waals surface area contributed by atoms with Gasteiger partial charge < -0.3 is 19.1 Å². The van der Waals surface area contributed by atoms with Gasteiger partial charge in [-0.05, 0) is 60.9 Å². The third-order valence-corrected chi connectivity index (χ3v) is 6.58. The van der Waals surface area contributed by atoms with Gasteiger partial charge in [-0.15, -0.1) is 0 Å². The number of hydrogen-bond donors (Lipinski definition) is 0. The van der Waals surface area contributed by atoms with Crippen molar-refractivity contribution in [1.29, 1.82) is 0 Å². The molecule has 1 amide bonds. The fraction of sp³-hybridized carbons (Fsp3) is 0.345. The molecule has 0 N–H and O–H groups in total. The Morgan fingerprint density at radius 2 is 1.56 bits per heavy atom. The van der Waals surface area contributed by atoms with Crippen molar-refractivity contribution in [2.75, 3.05) is 33.9 Å². The van der Waals surface area contributed by atoms with Crippen molar-refractivity contribution in [1.82, 2.24) is 4.90 Å². The minimum absolute atomic E-state index is 0.0567. The average Bonchev–Trinajstić information content (AvgIpc) is 2.91. The molecule has 0 saturated carbocycles. The molecule has 3 aromatic carbocycles. The minimum atomic E-state index is 0.0567. The van der Waals surface area contributed by atoms with E-state index in [-0.39, 0.29) is 12.5 Å². The van der Waals surface area contributed by atoms with E-state index < -0.39 is 0 Å². The topological polar surface area (TPSA) is 48.0 Å². The Morgan fingerprint density at radius 3 is 2.29 bits per heavy atom. The Morgan fingerprint density at radius 1 is 0.853 bits per heavy atom. The maximum atomic E-state index is 12.8. The number of ether oxygens (including phenoxy) is 3. The highest BCUT2D eigenvalue weighted by Crippen LogP contribution is 2.31. The Labute approximate surface area is 202 Å². The van der Waals surface area contributed by atoms with Crippen LogP contribution in [0.4, 0.5) is 0 Å². The number of piperidine rings is 1. The van der Waals surface area contributed by atoms with Gasteiger partial charge in [-0.25, -0.2) is 0 Å². The van der Waals surface area contributed by atoms with Crippen LogP contribution in [0, 0.1) is 5.92 Å². The fourth-order valence-corrected chi connectivity index (χ4v) is 4.56. The first-order valence-corrected chi connectivity index (χ1v) is 11.9. The van der Waals surface area contributed by atoms with E-state index in [1.807, 2.05) is 53.4 Å². The van der Waals surface area contributed by atoms with Crippen LogP contribution in [0.3, 0.4) is 0 Å². The number of para-hydroxylation sites is 1. The van der Waals surface area contributed by atoms with Gasteiger partial charge in [-0.2, -0.15) is 0 Å². The monoisotopic (exact) mass is 459 g/mol. The number of aryl methyl sites for hydroxylation is 1. The molecule has 0 atom stereocenters. The summed E-state index contributed by atoms with van der Waals surface area (Å²) in [6.45, 7) is 1.65. The van der Waals surface area contributed by atoms with E-state index in [4.69, 9.17) is 14.2 Å². The van der Waals surface area contributed by atoms with E-state index >= 15 is 0 Å². The third-order valence-electron chi connectivity index (χ3n) is 6.58. The molecule has 0 unspecified atom stereocenters. The Bertz CT molecular complexity index is 1070. The van der Waals surface area contributed by atoms with Crippen LogP contribution in [-0.4, -0.2) is 44.7 Å². The summed E-state index contributed by atoms with van der Waals surface area (Å²) < 4.78 is 16.7. The molecule has 3 aromatic rings. The summed E-state index contributed by atoms with van der Waals surface area (Å²) in [5.74, 6) is 2.95. The molecule has 0 radical (unpaired) electrons. The molecular formula is C29H33NO4. The molecule has 0 spiro atoms. The number of amides is 1. The van der Waals surface area contributed by atoms with Crippen LogP contribution in [0.1, 0.15) is 24.8 Å². The van der Waals surface area contributed by atoms with Gasteiger partial charge in [0.15, 0.2) is 18.1 Å². The number of benzene rings is 3. The van der Waals surface area contributed by atoms with Gasteiger partial charge in [0.05, 0.1) is 14.2 Å². The van der Waals surface area contributed by atoms with Crippen molar-refractivity contribution < 1.29 is 19.0 Å². The molecule has 1 heterocycles. The smallest absolute Gasteiger partial charge is 0.260 e. The standard InChI is InChI=1S/C29H33NO4/c1-32-27-15-14-23(20-28(27)33-2)13-12-22-16-18-30(19-17-22)29(31)21-34-26-11-7-6-10-25(26)24-8-4-3-5-9-24/h3-11,14-15,20,22H,12-13,16-19,21H2,1-2H3. The van der Waals surface area contributed by atoms with Crippen LogP contribution in [0.25, 0.3) is 11.1 Å². The molecule has 0 aliphatic carbocycles. The highest BCUT2D eigenvalue weighted by atomic mass is 16.5. The summed E-state index contributed by atoms with van der Waals surface area (Å²) >= 11 is 0. The van der Waals surface area contributed by atoms with Crippen LogP contribution in [0.2, 0.25) is 0 Å². The number of carbonyl (C=O) groups is 1. The average molecular weight is 460 g/mol. The maximum absolute atomic E-state index is 12.8. The Kier molecular flexibility index (Phi) is 8.08. The predicted molar refractivity (Wildman–Crippen MR) is 135 cm³/mol. The molecule has 1 saturated heterocycles. The zero-order valence-corrected chi connectivity index (χ0v) is 20.0. The van der Waals surface area contributed by atoms with Gasteiger partial charge in [0.25, 0.3) is 5.91 Å². The normalized spacial score (nSPS) is 14.0. The molecule has 5 heteroatoms. The van der Waals surface area contributed by atoms with Crippen LogP contribution in [-0.2, 0) is 11.2 Å². The van der Waals surface area contributed by atoms with Crippen molar-refractivity contribution >= 4 is 5.91 Å². The molecule has 178 valence electrons. The lowest BCUT2D eigenvalue weighted by Crippen LogP contribution is -2.41. The van der Waals surface area contributed by atoms with Crippen molar-refractivity contribution in [3.63, 3.8) is 0 Å². The molecule has 1 aliphatic heterocycles. The summed E-state index contributed by atoms with van der Waals surface area (Å²) in [7, 11) is 3.32. The number of methoxy groups -OCH3 is 2. The zero-order chi connectivity index (χ0) is 23.8. The molecule has 1 fully saturated rings. The highest BCUT2D eigenvalue weighted by Gasteiger charge is 2.23. The minimum Gasteiger partial charge on any atom is -0.493 e. The molecule has 5 nitrogen and oxygen atoms in total. The summed E-state index contributed by atoms with van der Waals surface area (Å²) in [6, 6.07) is 24.1. The summed E-state index contributed by atoms with van der Waals surface area (Å²) in [6.07, 6.45) is 4.16. The largest absolute Gasteiger partial charge is 0.493 e. The van der Waals surface area contributed by atoms with Gasteiger partial charge in [0, 0.05) is 18.7 Å². The molecular weight excluding hydrogens is 426 g/mol. The Balaban J connectivity index is 1.25. The second-order valence-corrected chi connectivity index (χ2v) is 8.70. The second kappa shape index (κ2) is 11.6. The van der Waals surface area contributed by atoms with E-state index in [1.165, 1.54) is 5.56 Å². The van der Waals surface area contributed by atoms with Crippen molar-refractivity contribution in [3.05, 3.63) is 78.4 Å². The number of nitrogens with zero attached hydrogens (tertiary/aromatic N) is 1. The molecule has 0 bridgehead atoms. The SMILES string of the molecule is COc1ccc(CCC2CCN(C(=O)COc3ccccc3-c3ccccc3)CC2)cc1OC. The first-order chi connectivity index (χ1) is 16.7. The van der Waals surface area contributed by atoms with Gasteiger partial charge in [0.1, 0.15) is 5.75 Å². The van der Waals surface area contributed by atoms with Crippen molar-refractivity contribution in [2.45, 2.75) is 25.7 Å². The van der Waals surface area contributed by atoms with Crippen molar-refractivity contribution in [3.8, 4) is 28.4 Å². The van der Waals surface area contributed by atoms with Crippen LogP contribution < -0.4 is 14.2 Å². The van der Waals surface area contributed by atoms with Gasteiger partial charge in [-0.1, -0.05) is 54.6 Å². The molecule has 1 aliphatic rings. The van der Waals surface area contributed by atoms with E-state index in [2.05, 4.69) is 24.3 Å². The van der Waals surface area contributed by atoms with Gasteiger partial charge >= 0.3 is 0 Å². The first kappa shape index (κ1) is 23.7. The summed E-state index contributed by atoms with van der Waals surface area (Å²) in [5.41, 5.74) is 3.34. The van der Waals surface area contributed by atoms with Gasteiger partial charge in [-0.3, -0.25) is 4.79 Å². The lowest BCUT2D eigenvalue weighted by molar-refractivity contribution is -0.134. The lowest BCUT2D eigenvalue weighted by atomic mass is 9.90. The fourth-order valence-electron chi connectivity index (χ4n) is 4.56. The van der Waals surface area contributed by atoms with Crippen LogP contribution >= 0.6 is 0 Å². The number of likely N-dealkylation sites (tertiary alicyclic amines) is 1. The Hall–Kier alpha value is -3.47. The number of carbonyl (C=O) groups excluding carboxylic acids is 1. The number of rotatable bonds is 9. The number of hydrogen-bond acceptors (Lipinski definition) is 4. The maximum Gasteiger partial charge on any atom is 0.260 e. The van der Waals surface area contributed by atoms with Crippen LogP contribution in [0.15, 0.2) is 72.8 Å². The zero-order valence-electron chi connectivity index (χ0n) is 20.0. The lowest BCUT2D eigenvalue weighted by Gasteiger charge is -2.32. The molecule has 34 heavy (non-hydrogen) atoms. The van der Waals surface area contributed by atoms with E-state index in [1.54, 1.807) is 14.2 Å². The van der Waals surface area contributed by atoms with Crippen LogP contribution in [0.5, 0.6) is 17.2 Å². The van der Waals surface area contributed by atoms with Gasteiger partial charge in [0.2, 0.25) is 0 Å². The second-order valence-electron chi connectivity index (χ2n) is 8.70. The quantitative estimate of drug-likeness (QED) is 0.417. The molecule has 0 aromatic heterocycles. The highest BCUT2D eigenvalue weighted by molar-refractivity contribution is 5.78. The van der Waals surface area contributed by atoms with E-state index in [0.29, 0.717) is 5.92 Å². The van der Waals surface area contributed by atoms with Crippen molar-refractivity contribution in [2.24, 2.45) is 5.92 Å². The first-order valence-electron chi connectivity index (χ1n) is 11.9. The summed E-state index contributed by atoms with van der Waals surface area (Å²) in [4.78, 5) is 14.8. The summed E-state index contributed by atoms with van der Waals surface area (Å²) in [5, 5.41) is 0. The van der Waals surface area contributed by atoms with E-state index in [0.717, 1.165) is 67.1 Å².